The first-order chi connectivity index (χ1) is 10.5. The summed E-state index contributed by atoms with van der Waals surface area (Å²) < 4.78 is 5.50. The monoisotopic (exact) mass is 302 g/mol. The van der Waals surface area contributed by atoms with Crippen LogP contribution in [0.25, 0.3) is 11.5 Å². The topological polar surface area (TPSA) is 92.4 Å². The molecule has 0 bridgehead atoms. The van der Waals surface area contributed by atoms with Crippen LogP contribution in [0.3, 0.4) is 0 Å². The van der Waals surface area contributed by atoms with Gasteiger partial charge in [-0.15, -0.1) is 0 Å². The van der Waals surface area contributed by atoms with Gasteiger partial charge in [-0.05, 0) is 25.5 Å². The van der Waals surface area contributed by atoms with E-state index in [1.165, 1.54) is 0 Å². The minimum absolute atomic E-state index is 0.0428. The molecule has 1 atom stereocenters. The van der Waals surface area contributed by atoms with Gasteiger partial charge in [-0.25, -0.2) is 9.78 Å². The van der Waals surface area contributed by atoms with E-state index in [-0.39, 0.29) is 5.76 Å². The molecule has 0 fully saturated rings. The number of nitrogens with zero attached hydrogens (tertiary/aromatic N) is 1. The fourth-order valence-electron chi connectivity index (χ4n) is 2.08. The van der Waals surface area contributed by atoms with Crippen molar-refractivity contribution in [3.8, 4) is 11.5 Å². The Labute approximate surface area is 128 Å². The van der Waals surface area contributed by atoms with Gasteiger partial charge >= 0.3 is 5.97 Å². The van der Waals surface area contributed by atoms with E-state index in [1.54, 1.807) is 6.92 Å². The molecule has 1 aromatic carbocycles. The molecule has 0 spiro atoms. The third-order valence-corrected chi connectivity index (χ3v) is 3.20. The van der Waals surface area contributed by atoms with Crippen LogP contribution in [0.4, 0.5) is 0 Å². The van der Waals surface area contributed by atoms with E-state index >= 15 is 0 Å². The van der Waals surface area contributed by atoms with E-state index in [1.807, 2.05) is 37.3 Å². The summed E-state index contributed by atoms with van der Waals surface area (Å²) in [4.78, 5) is 27.5. The predicted octanol–water partition coefficient (Wildman–Crippen LogP) is 2.63. The van der Waals surface area contributed by atoms with E-state index in [0.717, 1.165) is 5.56 Å². The molecule has 1 unspecified atom stereocenters. The van der Waals surface area contributed by atoms with Crippen molar-refractivity contribution in [1.29, 1.82) is 0 Å². The molecule has 0 aliphatic heterocycles. The lowest BCUT2D eigenvalue weighted by molar-refractivity contribution is -0.139. The summed E-state index contributed by atoms with van der Waals surface area (Å²) in [5.41, 5.74) is 1.19. The van der Waals surface area contributed by atoms with Gasteiger partial charge in [0.1, 0.15) is 6.04 Å². The predicted molar refractivity (Wildman–Crippen MR) is 80.5 cm³/mol. The van der Waals surface area contributed by atoms with Crippen LogP contribution in [0, 0.1) is 6.92 Å². The SMILES string of the molecule is CCCC(NC(=O)c1oc(-c2ccccc2)nc1C)C(=O)O. The van der Waals surface area contributed by atoms with Crippen molar-refractivity contribution in [2.24, 2.45) is 0 Å². The maximum Gasteiger partial charge on any atom is 0.326 e. The van der Waals surface area contributed by atoms with Crippen LogP contribution in [0.5, 0.6) is 0 Å². The Kier molecular flexibility index (Phi) is 4.93. The number of aryl methyl sites for hydroxylation is 1. The van der Waals surface area contributed by atoms with Gasteiger partial charge in [0.05, 0.1) is 5.69 Å². The zero-order valence-electron chi connectivity index (χ0n) is 12.5. The molecule has 1 amide bonds. The molecule has 116 valence electrons. The van der Waals surface area contributed by atoms with Gasteiger partial charge in [0.15, 0.2) is 0 Å². The number of aliphatic carboxylic acids is 1. The van der Waals surface area contributed by atoms with Crippen molar-refractivity contribution in [1.82, 2.24) is 10.3 Å². The summed E-state index contributed by atoms with van der Waals surface area (Å²) >= 11 is 0. The number of benzene rings is 1. The number of hydrogen-bond donors (Lipinski definition) is 2. The fraction of sp³-hybridized carbons (Fsp3) is 0.312. The number of amides is 1. The summed E-state index contributed by atoms with van der Waals surface area (Å²) in [6.07, 6.45) is 1.02. The van der Waals surface area contributed by atoms with E-state index < -0.39 is 17.9 Å². The Morgan fingerprint density at radius 1 is 1.32 bits per heavy atom. The number of carboxylic acids is 1. The molecule has 2 rings (SSSR count). The van der Waals surface area contributed by atoms with Gasteiger partial charge in [-0.3, -0.25) is 4.79 Å². The molecule has 2 N–H and O–H groups in total. The molecule has 0 radical (unpaired) electrons. The average Bonchev–Trinajstić information content (AvgIpc) is 2.89. The van der Waals surface area contributed by atoms with Crippen LogP contribution in [0.15, 0.2) is 34.7 Å². The zero-order chi connectivity index (χ0) is 16.1. The number of carboxylic acid groups (broad SMARTS) is 1. The van der Waals surface area contributed by atoms with Gasteiger partial charge < -0.3 is 14.8 Å². The third-order valence-electron chi connectivity index (χ3n) is 3.20. The molecule has 2 aromatic rings. The summed E-state index contributed by atoms with van der Waals surface area (Å²) in [5.74, 6) is -1.24. The van der Waals surface area contributed by atoms with Gasteiger partial charge in [-0.1, -0.05) is 31.5 Å². The normalized spacial score (nSPS) is 11.9. The number of carbonyl (C=O) groups excluding carboxylic acids is 1. The largest absolute Gasteiger partial charge is 0.480 e. The number of hydrogen-bond acceptors (Lipinski definition) is 4. The summed E-state index contributed by atoms with van der Waals surface area (Å²) in [5, 5.41) is 11.6. The zero-order valence-corrected chi connectivity index (χ0v) is 12.5. The molecule has 6 heteroatoms. The lowest BCUT2D eigenvalue weighted by Crippen LogP contribution is -2.40. The standard InChI is InChI=1S/C16H18N2O4/c1-3-7-12(16(20)21)18-14(19)13-10(2)17-15(22-13)11-8-5-4-6-9-11/h4-6,8-9,12H,3,7H2,1-2H3,(H,18,19)(H,20,21). The second-order valence-electron chi connectivity index (χ2n) is 4.95. The van der Waals surface area contributed by atoms with Gasteiger partial charge in [0.25, 0.3) is 5.91 Å². The molecular formula is C16H18N2O4. The Bertz CT molecular complexity index is 664. The lowest BCUT2D eigenvalue weighted by atomic mass is 10.1. The van der Waals surface area contributed by atoms with Crippen LogP contribution in [-0.4, -0.2) is 28.0 Å². The van der Waals surface area contributed by atoms with E-state index in [9.17, 15) is 9.59 Å². The summed E-state index contributed by atoms with van der Waals surface area (Å²) in [7, 11) is 0. The molecule has 6 nitrogen and oxygen atoms in total. The molecule has 0 saturated carbocycles. The number of aromatic nitrogens is 1. The smallest absolute Gasteiger partial charge is 0.326 e. The molecule has 1 aromatic heterocycles. The van der Waals surface area contributed by atoms with Crippen molar-refractivity contribution in [2.45, 2.75) is 32.7 Å². The Hall–Kier alpha value is -2.63. The molecule has 22 heavy (non-hydrogen) atoms. The first-order valence-corrected chi connectivity index (χ1v) is 7.09. The Morgan fingerprint density at radius 2 is 2.00 bits per heavy atom. The maximum absolute atomic E-state index is 12.2. The minimum atomic E-state index is -1.06. The van der Waals surface area contributed by atoms with Crippen LogP contribution in [0.1, 0.15) is 36.0 Å². The summed E-state index contributed by atoms with van der Waals surface area (Å²) in [6, 6.07) is 8.28. The van der Waals surface area contributed by atoms with Crippen molar-refractivity contribution in [2.75, 3.05) is 0 Å². The average molecular weight is 302 g/mol. The minimum Gasteiger partial charge on any atom is -0.480 e. The highest BCUT2D eigenvalue weighted by molar-refractivity contribution is 5.95. The van der Waals surface area contributed by atoms with Crippen LogP contribution in [0.2, 0.25) is 0 Å². The van der Waals surface area contributed by atoms with Gasteiger partial charge in [0.2, 0.25) is 11.7 Å². The van der Waals surface area contributed by atoms with Crippen molar-refractivity contribution < 1.29 is 19.1 Å². The molecular weight excluding hydrogens is 284 g/mol. The number of rotatable bonds is 6. The first kappa shape index (κ1) is 15.8. The first-order valence-electron chi connectivity index (χ1n) is 7.09. The third kappa shape index (κ3) is 3.52. The maximum atomic E-state index is 12.2. The van der Waals surface area contributed by atoms with Crippen LogP contribution in [-0.2, 0) is 4.79 Å². The summed E-state index contributed by atoms with van der Waals surface area (Å²) in [6.45, 7) is 3.51. The van der Waals surface area contributed by atoms with Crippen LogP contribution >= 0.6 is 0 Å². The highest BCUT2D eigenvalue weighted by atomic mass is 16.4. The fourth-order valence-corrected chi connectivity index (χ4v) is 2.08. The van der Waals surface area contributed by atoms with Crippen molar-refractivity contribution in [3.05, 3.63) is 41.8 Å². The van der Waals surface area contributed by atoms with E-state index in [0.29, 0.717) is 24.4 Å². The highest BCUT2D eigenvalue weighted by Crippen LogP contribution is 2.21. The molecule has 1 heterocycles. The van der Waals surface area contributed by atoms with Gasteiger partial charge in [0, 0.05) is 5.56 Å². The second kappa shape index (κ2) is 6.89. The number of carbonyl (C=O) groups is 2. The molecule has 0 aliphatic carbocycles. The molecule has 0 saturated heterocycles. The quantitative estimate of drug-likeness (QED) is 0.855. The lowest BCUT2D eigenvalue weighted by Gasteiger charge is -2.12. The van der Waals surface area contributed by atoms with Crippen LogP contribution < -0.4 is 5.32 Å². The van der Waals surface area contributed by atoms with E-state index in [4.69, 9.17) is 9.52 Å². The van der Waals surface area contributed by atoms with Crippen molar-refractivity contribution in [3.63, 3.8) is 0 Å². The number of nitrogens with one attached hydrogen (secondary N) is 1. The highest BCUT2D eigenvalue weighted by Gasteiger charge is 2.24. The van der Waals surface area contributed by atoms with Crippen molar-refractivity contribution >= 4 is 11.9 Å². The molecule has 0 aliphatic rings. The second-order valence-corrected chi connectivity index (χ2v) is 4.95. The Morgan fingerprint density at radius 3 is 2.59 bits per heavy atom. The van der Waals surface area contributed by atoms with Gasteiger partial charge in [-0.2, -0.15) is 0 Å². The van der Waals surface area contributed by atoms with E-state index in [2.05, 4.69) is 10.3 Å². The Balaban J connectivity index is 2.20. The number of oxazole rings is 1.